The monoisotopic (exact) mass is 318 g/mol. The van der Waals surface area contributed by atoms with Gasteiger partial charge >= 0.3 is 6.03 Å². The molecule has 3 N–H and O–H groups in total. The molecule has 0 saturated heterocycles. The zero-order chi connectivity index (χ0) is 15.5. The van der Waals surface area contributed by atoms with Crippen molar-refractivity contribution in [3.63, 3.8) is 0 Å². The van der Waals surface area contributed by atoms with Crippen LogP contribution in [0.2, 0.25) is 5.02 Å². The van der Waals surface area contributed by atoms with Gasteiger partial charge in [0.05, 0.1) is 0 Å². The fraction of sp³-hybridized carbons (Fsp3) is 0.0714. The molecule has 7 nitrogen and oxygen atoms in total. The van der Waals surface area contributed by atoms with E-state index in [1.807, 2.05) is 0 Å². The summed E-state index contributed by atoms with van der Waals surface area (Å²) in [4.78, 5) is 27.3. The first kappa shape index (κ1) is 14.2. The summed E-state index contributed by atoms with van der Waals surface area (Å²) in [6.45, 7) is -0.0449. The summed E-state index contributed by atoms with van der Waals surface area (Å²) in [7, 11) is 0. The molecule has 1 aliphatic heterocycles. The third kappa shape index (κ3) is 3.26. The van der Waals surface area contributed by atoms with Gasteiger partial charge < -0.3 is 15.4 Å². The third-order valence-corrected chi connectivity index (χ3v) is 3.03. The van der Waals surface area contributed by atoms with Crippen LogP contribution in [0.3, 0.4) is 0 Å². The number of pyridine rings is 1. The van der Waals surface area contributed by atoms with Crippen molar-refractivity contribution < 1.29 is 14.3 Å². The summed E-state index contributed by atoms with van der Waals surface area (Å²) in [6, 6.07) is 9.48. The Morgan fingerprint density at radius 2 is 2.14 bits per heavy atom. The zero-order valence-electron chi connectivity index (χ0n) is 11.2. The molecule has 2 heterocycles. The predicted octanol–water partition coefficient (Wildman–Crippen LogP) is 2.71. The number of hydrogen-bond donors (Lipinski definition) is 3. The van der Waals surface area contributed by atoms with E-state index in [1.54, 1.807) is 36.4 Å². The molecule has 0 unspecified atom stereocenters. The van der Waals surface area contributed by atoms with E-state index in [2.05, 4.69) is 20.9 Å². The molecule has 1 aliphatic rings. The molecule has 112 valence electrons. The summed E-state index contributed by atoms with van der Waals surface area (Å²) in [5, 5.41) is 8.28. The lowest BCUT2D eigenvalue weighted by Gasteiger charge is -2.17. The van der Waals surface area contributed by atoms with Crippen molar-refractivity contribution in [3.05, 3.63) is 41.4 Å². The van der Waals surface area contributed by atoms with Crippen LogP contribution in [0.1, 0.15) is 0 Å². The fourth-order valence-corrected chi connectivity index (χ4v) is 2.07. The molecule has 0 atom stereocenters. The largest absolute Gasteiger partial charge is 0.480 e. The molecule has 8 heteroatoms. The van der Waals surface area contributed by atoms with Crippen molar-refractivity contribution in [1.29, 1.82) is 0 Å². The number of ether oxygens (including phenoxy) is 1. The number of halogens is 1. The standard InChI is InChI=1S/C14H11ClN4O3/c15-8-2-1-3-9(6-8)16-14(21)18-11-5-4-10-13(17-11)19-12(20)7-22-10/h1-6H,7H2,(H3,16,17,18,19,20,21). The van der Waals surface area contributed by atoms with Gasteiger partial charge in [0.25, 0.3) is 5.91 Å². The van der Waals surface area contributed by atoms with Crippen molar-refractivity contribution in [2.75, 3.05) is 22.6 Å². The van der Waals surface area contributed by atoms with Crippen LogP contribution in [0.15, 0.2) is 36.4 Å². The fourth-order valence-electron chi connectivity index (χ4n) is 1.88. The van der Waals surface area contributed by atoms with Crippen LogP contribution in [-0.4, -0.2) is 23.5 Å². The van der Waals surface area contributed by atoms with Crippen LogP contribution in [0, 0.1) is 0 Å². The Balaban J connectivity index is 1.69. The minimum Gasteiger partial charge on any atom is -0.480 e. The van der Waals surface area contributed by atoms with Crippen molar-refractivity contribution in [2.45, 2.75) is 0 Å². The van der Waals surface area contributed by atoms with E-state index in [1.165, 1.54) is 0 Å². The first-order chi connectivity index (χ1) is 10.6. The van der Waals surface area contributed by atoms with Gasteiger partial charge in [-0.1, -0.05) is 17.7 Å². The maximum Gasteiger partial charge on any atom is 0.324 e. The molecule has 0 bridgehead atoms. The summed E-state index contributed by atoms with van der Waals surface area (Å²) >= 11 is 5.84. The number of carbonyl (C=O) groups excluding carboxylic acids is 2. The number of fused-ring (bicyclic) bond motifs is 1. The highest BCUT2D eigenvalue weighted by atomic mass is 35.5. The first-order valence-electron chi connectivity index (χ1n) is 6.37. The van der Waals surface area contributed by atoms with Crippen molar-refractivity contribution >= 4 is 40.9 Å². The molecule has 0 saturated carbocycles. The van der Waals surface area contributed by atoms with Crippen LogP contribution in [0.4, 0.5) is 22.1 Å². The molecule has 3 rings (SSSR count). The second-order valence-electron chi connectivity index (χ2n) is 4.47. The topological polar surface area (TPSA) is 92.3 Å². The van der Waals surface area contributed by atoms with Gasteiger partial charge in [0.15, 0.2) is 18.2 Å². The van der Waals surface area contributed by atoms with Crippen molar-refractivity contribution in [3.8, 4) is 5.75 Å². The lowest BCUT2D eigenvalue weighted by atomic mass is 10.3. The molecular weight excluding hydrogens is 308 g/mol. The number of nitrogens with one attached hydrogen (secondary N) is 3. The second-order valence-corrected chi connectivity index (χ2v) is 4.91. The van der Waals surface area contributed by atoms with E-state index in [0.717, 1.165) is 0 Å². The Morgan fingerprint density at radius 1 is 1.27 bits per heavy atom. The van der Waals surface area contributed by atoms with Gasteiger partial charge in [-0.05, 0) is 30.3 Å². The van der Waals surface area contributed by atoms with Gasteiger partial charge in [-0.2, -0.15) is 0 Å². The lowest BCUT2D eigenvalue weighted by molar-refractivity contribution is -0.118. The molecular formula is C14H11ClN4O3. The van der Waals surface area contributed by atoms with Crippen LogP contribution in [0.5, 0.6) is 5.75 Å². The minimum atomic E-state index is -0.474. The molecule has 0 fully saturated rings. The van der Waals surface area contributed by atoms with Crippen LogP contribution >= 0.6 is 11.6 Å². The smallest absolute Gasteiger partial charge is 0.324 e. The van der Waals surface area contributed by atoms with E-state index in [-0.39, 0.29) is 24.1 Å². The highest BCUT2D eigenvalue weighted by Gasteiger charge is 2.17. The third-order valence-electron chi connectivity index (χ3n) is 2.80. The van der Waals surface area contributed by atoms with Crippen molar-refractivity contribution in [1.82, 2.24) is 4.98 Å². The Morgan fingerprint density at radius 3 is 2.95 bits per heavy atom. The molecule has 3 amide bonds. The maximum atomic E-state index is 11.9. The average molecular weight is 319 g/mol. The molecule has 0 radical (unpaired) electrons. The van der Waals surface area contributed by atoms with E-state index >= 15 is 0 Å². The van der Waals surface area contributed by atoms with E-state index in [4.69, 9.17) is 16.3 Å². The second kappa shape index (κ2) is 5.90. The molecule has 22 heavy (non-hydrogen) atoms. The predicted molar refractivity (Wildman–Crippen MR) is 82.5 cm³/mol. The normalized spacial score (nSPS) is 12.7. The minimum absolute atomic E-state index is 0.0449. The van der Waals surface area contributed by atoms with Gasteiger partial charge in [-0.15, -0.1) is 0 Å². The molecule has 0 aliphatic carbocycles. The number of carbonyl (C=O) groups is 2. The van der Waals surface area contributed by atoms with Crippen molar-refractivity contribution in [2.24, 2.45) is 0 Å². The average Bonchev–Trinajstić information content (AvgIpc) is 2.46. The van der Waals surface area contributed by atoms with Crippen LogP contribution in [0.25, 0.3) is 0 Å². The zero-order valence-corrected chi connectivity index (χ0v) is 12.0. The SMILES string of the molecule is O=C1COc2ccc(NC(=O)Nc3cccc(Cl)c3)nc2N1. The Hall–Kier alpha value is -2.80. The molecule has 1 aromatic carbocycles. The summed E-state index contributed by atoms with van der Waals surface area (Å²) in [5.74, 6) is 0.724. The number of anilines is 3. The van der Waals surface area contributed by atoms with Gasteiger partial charge in [-0.25, -0.2) is 9.78 Å². The highest BCUT2D eigenvalue weighted by molar-refractivity contribution is 6.30. The Kier molecular flexibility index (Phi) is 3.80. The number of rotatable bonds is 2. The van der Waals surface area contributed by atoms with Crippen LogP contribution < -0.4 is 20.7 Å². The summed E-state index contributed by atoms with van der Waals surface area (Å²) in [6.07, 6.45) is 0. The number of benzene rings is 1. The maximum absolute atomic E-state index is 11.9. The first-order valence-corrected chi connectivity index (χ1v) is 6.75. The highest BCUT2D eigenvalue weighted by Crippen LogP contribution is 2.26. The number of aromatic nitrogens is 1. The number of nitrogens with zero attached hydrogens (tertiary/aromatic N) is 1. The number of urea groups is 1. The van der Waals surface area contributed by atoms with E-state index in [0.29, 0.717) is 16.5 Å². The van der Waals surface area contributed by atoms with E-state index < -0.39 is 6.03 Å². The van der Waals surface area contributed by atoms with Crippen LogP contribution in [-0.2, 0) is 4.79 Å². The van der Waals surface area contributed by atoms with Gasteiger partial charge in [0, 0.05) is 10.7 Å². The number of hydrogen-bond acceptors (Lipinski definition) is 4. The van der Waals surface area contributed by atoms with E-state index in [9.17, 15) is 9.59 Å². The quantitative estimate of drug-likeness (QED) is 0.793. The summed E-state index contributed by atoms with van der Waals surface area (Å²) < 4.78 is 5.19. The Bertz CT molecular complexity index is 751. The molecule has 2 aromatic rings. The number of amides is 3. The van der Waals surface area contributed by atoms with Gasteiger partial charge in [-0.3, -0.25) is 10.1 Å². The lowest BCUT2D eigenvalue weighted by Crippen LogP contribution is -2.27. The summed E-state index contributed by atoms with van der Waals surface area (Å²) in [5.41, 5.74) is 0.555. The van der Waals surface area contributed by atoms with Gasteiger partial charge in [0.1, 0.15) is 5.82 Å². The molecule has 1 aromatic heterocycles. The Labute approximate surface area is 130 Å². The van der Waals surface area contributed by atoms with Gasteiger partial charge in [0.2, 0.25) is 0 Å². The molecule has 0 spiro atoms.